The number of thioether (sulfide) groups is 1. The van der Waals surface area contributed by atoms with Crippen molar-refractivity contribution in [3.05, 3.63) is 12.4 Å². The van der Waals surface area contributed by atoms with Crippen LogP contribution in [0.3, 0.4) is 0 Å². The maximum absolute atomic E-state index is 12.2. The molecule has 1 aromatic heterocycles. The standard InChI is InChI=1S/C18H28N4O2S/c1-13-9-22(10-14(2)24-13)16-8-18(20-12-19-16)25-11-17(23)21-15-6-4-3-5-7-15/h8,12-15H,3-7,9-11H2,1-2H3,(H,21,23). The van der Waals surface area contributed by atoms with Gasteiger partial charge in [0.2, 0.25) is 5.91 Å². The van der Waals surface area contributed by atoms with E-state index >= 15 is 0 Å². The Hall–Kier alpha value is -1.34. The lowest BCUT2D eigenvalue weighted by Gasteiger charge is -2.36. The van der Waals surface area contributed by atoms with Gasteiger partial charge in [-0.3, -0.25) is 4.79 Å². The maximum Gasteiger partial charge on any atom is 0.230 e. The number of rotatable bonds is 5. The molecule has 6 nitrogen and oxygen atoms in total. The number of anilines is 1. The predicted octanol–water partition coefficient (Wildman–Crippen LogP) is 2.63. The van der Waals surface area contributed by atoms with Gasteiger partial charge in [-0.25, -0.2) is 9.97 Å². The van der Waals surface area contributed by atoms with Gasteiger partial charge in [0.05, 0.1) is 18.0 Å². The lowest BCUT2D eigenvalue weighted by molar-refractivity contribution is -0.119. The normalized spacial score (nSPS) is 25.0. The van der Waals surface area contributed by atoms with Gasteiger partial charge in [-0.15, -0.1) is 0 Å². The van der Waals surface area contributed by atoms with E-state index in [1.807, 2.05) is 6.07 Å². The van der Waals surface area contributed by atoms with Crippen molar-refractivity contribution in [3.8, 4) is 0 Å². The van der Waals surface area contributed by atoms with Crippen LogP contribution < -0.4 is 10.2 Å². The zero-order chi connectivity index (χ0) is 17.6. The highest BCUT2D eigenvalue weighted by Gasteiger charge is 2.23. The van der Waals surface area contributed by atoms with Gasteiger partial charge in [0, 0.05) is 25.2 Å². The Balaban J connectivity index is 1.52. The predicted molar refractivity (Wildman–Crippen MR) is 100.0 cm³/mol. The zero-order valence-corrected chi connectivity index (χ0v) is 15.9. The Morgan fingerprint density at radius 2 is 1.96 bits per heavy atom. The van der Waals surface area contributed by atoms with E-state index in [1.54, 1.807) is 6.33 Å². The molecule has 25 heavy (non-hydrogen) atoms. The minimum atomic E-state index is 0.102. The lowest BCUT2D eigenvalue weighted by Crippen LogP contribution is -2.45. The van der Waals surface area contributed by atoms with Gasteiger partial charge < -0.3 is 15.0 Å². The molecule has 1 N–H and O–H groups in total. The molecule has 2 aliphatic rings. The van der Waals surface area contributed by atoms with Gasteiger partial charge in [0.25, 0.3) is 0 Å². The number of aromatic nitrogens is 2. The highest BCUT2D eigenvalue weighted by Crippen LogP contribution is 2.23. The van der Waals surface area contributed by atoms with Crippen molar-refractivity contribution in [2.45, 2.75) is 69.2 Å². The van der Waals surface area contributed by atoms with Crippen LogP contribution in [0.25, 0.3) is 0 Å². The topological polar surface area (TPSA) is 67.4 Å². The summed E-state index contributed by atoms with van der Waals surface area (Å²) in [5.74, 6) is 1.42. The minimum Gasteiger partial charge on any atom is -0.372 e. The fourth-order valence-corrected chi connectivity index (χ4v) is 4.28. The first-order valence-corrected chi connectivity index (χ1v) is 10.2. The van der Waals surface area contributed by atoms with Crippen molar-refractivity contribution in [2.24, 2.45) is 0 Å². The zero-order valence-electron chi connectivity index (χ0n) is 15.1. The van der Waals surface area contributed by atoms with Gasteiger partial charge >= 0.3 is 0 Å². The molecule has 1 aromatic rings. The lowest BCUT2D eigenvalue weighted by atomic mass is 9.95. The second-order valence-electron chi connectivity index (χ2n) is 7.07. The van der Waals surface area contributed by atoms with Gasteiger partial charge in [-0.05, 0) is 26.7 Å². The summed E-state index contributed by atoms with van der Waals surface area (Å²) in [6.07, 6.45) is 7.94. The molecule has 0 bridgehead atoms. The fourth-order valence-electron chi connectivity index (χ4n) is 3.60. The van der Waals surface area contributed by atoms with Crippen LogP contribution >= 0.6 is 11.8 Å². The Labute approximate surface area is 154 Å². The average Bonchev–Trinajstić information content (AvgIpc) is 2.60. The Bertz CT molecular complexity index is 570. The molecule has 138 valence electrons. The third-order valence-corrected chi connectivity index (χ3v) is 5.62. The number of carbonyl (C=O) groups excluding carboxylic acids is 1. The number of hydrogen-bond acceptors (Lipinski definition) is 6. The van der Waals surface area contributed by atoms with Gasteiger partial charge in [0.15, 0.2) is 0 Å². The van der Waals surface area contributed by atoms with Crippen LogP contribution in [0.1, 0.15) is 46.0 Å². The largest absolute Gasteiger partial charge is 0.372 e. The van der Waals surface area contributed by atoms with Crippen LogP contribution in [-0.2, 0) is 9.53 Å². The number of nitrogens with one attached hydrogen (secondary N) is 1. The van der Waals surface area contributed by atoms with Gasteiger partial charge in [-0.1, -0.05) is 31.0 Å². The van der Waals surface area contributed by atoms with E-state index in [2.05, 4.69) is 34.0 Å². The molecule has 2 heterocycles. The van der Waals surface area contributed by atoms with Crippen LogP contribution in [0, 0.1) is 0 Å². The number of nitrogens with zero attached hydrogens (tertiary/aromatic N) is 3. The summed E-state index contributed by atoms with van der Waals surface area (Å²) >= 11 is 1.48. The summed E-state index contributed by atoms with van der Waals surface area (Å²) in [7, 11) is 0. The second kappa shape index (κ2) is 8.85. The first kappa shape index (κ1) is 18.5. The molecule has 7 heteroatoms. The molecule has 1 saturated heterocycles. The highest BCUT2D eigenvalue weighted by molar-refractivity contribution is 7.99. The van der Waals surface area contributed by atoms with E-state index in [4.69, 9.17) is 4.74 Å². The SMILES string of the molecule is CC1CN(c2cc(SCC(=O)NC3CCCCC3)ncn2)CC(C)O1. The molecule has 0 spiro atoms. The quantitative estimate of drug-likeness (QED) is 0.640. The van der Waals surface area contributed by atoms with Crippen LogP contribution in [0.4, 0.5) is 5.82 Å². The van der Waals surface area contributed by atoms with E-state index < -0.39 is 0 Å². The molecule has 1 aliphatic carbocycles. The number of carbonyl (C=O) groups is 1. The monoisotopic (exact) mass is 364 g/mol. The molecule has 2 fully saturated rings. The van der Waals surface area contributed by atoms with Crippen molar-refractivity contribution >= 4 is 23.5 Å². The van der Waals surface area contributed by atoms with E-state index in [9.17, 15) is 4.79 Å². The second-order valence-corrected chi connectivity index (χ2v) is 8.06. The Morgan fingerprint density at radius 1 is 1.24 bits per heavy atom. The van der Waals surface area contributed by atoms with Crippen molar-refractivity contribution in [2.75, 3.05) is 23.7 Å². The molecular weight excluding hydrogens is 336 g/mol. The minimum absolute atomic E-state index is 0.102. The van der Waals surface area contributed by atoms with Crippen LogP contribution in [0.2, 0.25) is 0 Å². The number of hydrogen-bond donors (Lipinski definition) is 1. The molecule has 1 amide bonds. The van der Waals surface area contributed by atoms with E-state index in [-0.39, 0.29) is 18.1 Å². The first-order chi connectivity index (χ1) is 12.1. The van der Waals surface area contributed by atoms with Crippen LogP contribution in [-0.4, -0.2) is 53.0 Å². The van der Waals surface area contributed by atoms with Crippen molar-refractivity contribution in [1.29, 1.82) is 0 Å². The summed E-state index contributed by atoms with van der Waals surface area (Å²) < 4.78 is 5.78. The highest BCUT2D eigenvalue weighted by atomic mass is 32.2. The van der Waals surface area contributed by atoms with E-state index in [0.29, 0.717) is 11.8 Å². The summed E-state index contributed by atoms with van der Waals surface area (Å²) in [6, 6.07) is 2.34. The van der Waals surface area contributed by atoms with E-state index in [1.165, 1.54) is 31.0 Å². The molecule has 1 aliphatic heterocycles. The summed E-state index contributed by atoms with van der Waals surface area (Å²) in [5, 5.41) is 3.99. The van der Waals surface area contributed by atoms with Crippen molar-refractivity contribution in [1.82, 2.24) is 15.3 Å². The van der Waals surface area contributed by atoms with Gasteiger partial charge in [0.1, 0.15) is 17.2 Å². The summed E-state index contributed by atoms with van der Waals surface area (Å²) in [6.45, 7) is 5.81. The third kappa shape index (κ3) is 5.57. The summed E-state index contributed by atoms with van der Waals surface area (Å²) in [4.78, 5) is 23.1. The maximum atomic E-state index is 12.2. The molecule has 3 rings (SSSR count). The average molecular weight is 365 g/mol. The molecule has 1 saturated carbocycles. The molecule has 2 atom stereocenters. The molecule has 0 aromatic carbocycles. The van der Waals surface area contributed by atoms with E-state index in [0.717, 1.165) is 36.8 Å². The number of ether oxygens (including phenoxy) is 1. The fraction of sp³-hybridized carbons (Fsp3) is 0.722. The Kier molecular flexibility index (Phi) is 6.53. The van der Waals surface area contributed by atoms with Crippen molar-refractivity contribution < 1.29 is 9.53 Å². The first-order valence-electron chi connectivity index (χ1n) is 9.25. The smallest absolute Gasteiger partial charge is 0.230 e. The van der Waals surface area contributed by atoms with Crippen LogP contribution in [0.5, 0.6) is 0 Å². The number of amides is 1. The molecule has 2 unspecified atom stereocenters. The van der Waals surface area contributed by atoms with Gasteiger partial charge in [-0.2, -0.15) is 0 Å². The number of morpholine rings is 1. The molecule has 0 radical (unpaired) electrons. The summed E-state index contributed by atoms with van der Waals surface area (Å²) in [5.41, 5.74) is 0. The molecular formula is C18H28N4O2S. The van der Waals surface area contributed by atoms with Crippen LogP contribution in [0.15, 0.2) is 17.4 Å². The van der Waals surface area contributed by atoms with Crippen molar-refractivity contribution in [3.63, 3.8) is 0 Å². The third-order valence-electron chi connectivity index (χ3n) is 4.69. The Morgan fingerprint density at radius 3 is 2.68 bits per heavy atom.